The number of benzene rings is 4. The van der Waals surface area contributed by atoms with Crippen molar-refractivity contribution < 1.29 is 0 Å². The van der Waals surface area contributed by atoms with E-state index in [-0.39, 0.29) is 0 Å². The van der Waals surface area contributed by atoms with Crippen LogP contribution in [0.15, 0.2) is 121 Å². The van der Waals surface area contributed by atoms with Crippen molar-refractivity contribution in [2.45, 2.75) is 0 Å². The summed E-state index contributed by atoms with van der Waals surface area (Å²) in [6.45, 7) is 0. The Balaban J connectivity index is 1.47. The fourth-order valence-corrected chi connectivity index (χ4v) is 5.82. The lowest BCUT2D eigenvalue weighted by molar-refractivity contribution is 1.18. The third-order valence-electron chi connectivity index (χ3n) is 7.27. The van der Waals surface area contributed by atoms with Crippen LogP contribution in [0.25, 0.3) is 66.1 Å². The molecule has 3 heteroatoms. The Morgan fingerprint density at radius 3 is 2.00 bits per heavy atom. The Labute approximate surface area is 201 Å². The molecular formula is C32H21N3. The van der Waals surface area contributed by atoms with Crippen LogP contribution in [0.4, 0.5) is 0 Å². The number of hydrogen-bond donors (Lipinski definition) is 1. The molecule has 0 saturated carbocycles. The SMILES string of the molecule is c1cc(-c2c3c4ccccc4[nH]c3n3ccccc23)cc(-n2c3ccccc3c3ccccc32)c1. The first-order valence-electron chi connectivity index (χ1n) is 12.0. The molecule has 3 nitrogen and oxygen atoms in total. The first-order chi connectivity index (χ1) is 17.4. The molecule has 0 aliphatic rings. The van der Waals surface area contributed by atoms with Gasteiger partial charge in [-0.1, -0.05) is 72.8 Å². The van der Waals surface area contributed by atoms with Gasteiger partial charge in [0.2, 0.25) is 0 Å². The topological polar surface area (TPSA) is 25.1 Å². The zero-order valence-corrected chi connectivity index (χ0v) is 18.9. The fourth-order valence-electron chi connectivity index (χ4n) is 5.82. The molecule has 0 bridgehead atoms. The van der Waals surface area contributed by atoms with Gasteiger partial charge in [0, 0.05) is 44.5 Å². The van der Waals surface area contributed by atoms with Gasteiger partial charge >= 0.3 is 0 Å². The summed E-state index contributed by atoms with van der Waals surface area (Å²) in [4.78, 5) is 3.66. The van der Waals surface area contributed by atoms with E-state index < -0.39 is 0 Å². The average molecular weight is 448 g/mol. The first-order valence-corrected chi connectivity index (χ1v) is 12.0. The van der Waals surface area contributed by atoms with Gasteiger partial charge in [0.05, 0.1) is 16.6 Å². The van der Waals surface area contributed by atoms with Crippen LogP contribution in [-0.2, 0) is 0 Å². The van der Waals surface area contributed by atoms with E-state index in [2.05, 4.69) is 135 Å². The maximum absolute atomic E-state index is 3.66. The lowest BCUT2D eigenvalue weighted by Gasteiger charge is -2.10. The molecule has 8 rings (SSSR count). The Kier molecular flexibility index (Phi) is 3.66. The molecule has 35 heavy (non-hydrogen) atoms. The number of hydrogen-bond acceptors (Lipinski definition) is 0. The van der Waals surface area contributed by atoms with Crippen LogP contribution in [-0.4, -0.2) is 14.0 Å². The minimum absolute atomic E-state index is 1.14. The number of pyridine rings is 1. The van der Waals surface area contributed by atoms with E-state index in [1.165, 1.54) is 54.9 Å². The van der Waals surface area contributed by atoms with E-state index in [1.807, 2.05) is 0 Å². The molecule has 0 unspecified atom stereocenters. The van der Waals surface area contributed by atoms with Gasteiger partial charge in [-0.15, -0.1) is 0 Å². The highest BCUT2D eigenvalue weighted by Gasteiger charge is 2.19. The van der Waals surface area contributed by atoms with Gasteiger partial charge in [0.15, 0.2) is 0 Å². The molecule has 0 spiro atoms. The van der Waals surface area contributed by atoms with Crippen LogP contribution >= 0.6 is 0 Å². The molecular weight excluding hydrogens is 426 g/mol. The van der Waals surface area contributed by atoms with Crippen molar-refractivity contribution in [3.05, 3.63) is 121 Å². The second kappa shape index (κ2) is 6.87. The lowest BCUT2D eigenvalue weighted by atomic mass is 10.0. The molecule has 4 aromatic heterocycles. The Morgan fingerprint density at radius 2 is 1.20 bits per heavy atom. The standard InChI is InChI=1S/C32H21N3/c1-4-15-26-25(14-1)31-30(29-18-7-8-19-34(29)32(31)33-26)21-10-9-11-22(20-21)35-27-16-5-2-12-23(27)24-13-3-6-17-28(24)35/h1-20,33H. The largest absolute Gasteiger partial charge is 0.340 e. The smallest absolute Gasteiger partial charge is 0.123 e. The fraction of sp³-hybridized carbons (Fsp3) is 0. The maximum atomic E-state index is 3.66. The molecule has 4 aromatic carbocycles. The summed E-state index contributed by atoms with van der Waals surface area (Å²) in [6, 6.07) is 41.3. The van der Waals surface area contributed by atoms with Gasteiger partial charge in [0.25, 0.3) is 0 Å². The number of H-pyrrole nitrogens is 1. The number of rotatable bonds is 2. The monoisotopic (exact) mass is 447 g/mol. The summed E-state index contributed by atoms with van der Waals surface area (Å²) in [6.07, 6.45) is 2.15. The quantitative estimate of drug-likeness (QED) is 0.275. The minimum Gasteiger partial charge on any atom is -0.340 e. The molecule has 0 aliphatic heterocycles. The van der Waals surface area contributed by atoms with Gasteiger partial charge in [-0.05, 0) is 48.0 Å². The van der Waals surface area contributed by atoms with Gasteiger partial charge in [-0.25, -0.2) is 0 Å². The second-order valence-electron chi connectivity index (χ2n) is 9.15. The summed E-state index contributed by atoms with van der Waals surface area (Å²) in [5.41, 5.74) is 9.61. The zero-order valence-electron chi connectivity index (χ0n) is 18.9. The average Bonchev–Trinajstić information content (AvgIpc) is 3.56. The Hall–Kier alpha value is -4.76. The van der Waals surface area contributed by atoms with Crippen molar-refractivity contribution in [1.29, 1.82) is 0 Å². The van der Waals surface area contributed by atoms with Crippen LogP contribution in [0.2, 0.25) is 0 Å². The highest BCUT2D eigenvalue weighted by Crippen LogP contribution is 2.41. The number of fused-ring (bicyclic) bond motifs is 8. The molecule has 8 aromatic rings. The van der Waals surface area contributed by atoms with E-state index in [1.54, 1.807) is 0 Å². The van der Waals surface area contributed by atoms with E-state index in [4.69, 9.17) is 0 Å². The molecule has 164 valence electrons. The predicted molar refractivity (Wildman–Crippen MR) is 147 cm³/mol. The summed E-state index contributed by atoms with van der Waals surface area (Å²) >= 11 is 0. The molecule has 0 atom stereocenters. The Bertz CT molecular complexity index is 2010. The van der Waals surface area contributed by atoms with E-state index >= 15 is 0 Å². The third kappa shape index (κ3) is 2.50. The van der Waals surface area contributed by atoms with Crippen molar-refractivity contribution in [3.63, 3.8) is 0 Å². The van der Waals surface area contributed by atoms with E-state index in [0.717, 1.165) is 11.2 Å². The number of aromatic nitrogens is 3. The van der Waals surface area contributed by atoms with Crippen LogP contribution in [0, 0.1) is 0 Å². The summed E-state index contributed by atoms with van der Waals surface area (Å²) in [7, 11) is 0. The summed E-state index contributed by atoms with van der Waals surface area (Å²) in [5, 5.41) is 5.08. The first kappa shape index (κ1) is 18.6. The van der Waals surface area contributed by atoms with Crippen molar-refractivity contribution in [2.75, 3.05) is 0 Å². The van der Waals surface area contributed by atoms with E-state index in [9.17, 15) is 0 Å². The highest BCUT2D eigenvalue weighted by molar-refractivity contribution is 6.18. The molecule has 4 heterocycles. The Morgan fingerprint density at radius 1 is 0.543 bits per heavy atom. The molecule has 0 saturated heterocycles. The molecule has 0 aliphatic carbocycles. The number of nitrogens with zero attached hydrogens (tertiary/aromatic N) is 2. The van der Waals surface area contributed by atoms with Crippen LogP contribution in [0.1, 0.15) is 0 Å². The summed E-state index contributed by atoms with van der Waals surface area (Å²) in [5.74, 6) is 0. The molecule has 1 N–H and O–H groups in total. The van der Waals surface area contributed by atoms with Crippen molar-refractivity contribution in [2.24, 2.45) is 0 Å². The van der Waals surface area contributed by atoms with Gasteiger partial charge in [0.1, 0.15) is 5.65 Å². The molecule has 0 amide bonds. The third-order valence-corrected chi connectivity index (χ3v) is 7.27. The number of para-hydroxylation sites is 3. The highest BCUT2D eigenvalue weighted by atomic mass is 15.0. The van der Waals surface area contributed by atoms with Gasteiger partial charge in [-0.3, -0.25) is 0 Å². The molecule has 0 fully saturated rings. The minimum atomic E-state index is 1.14. The predicted octanol–water partition coefficient (Wildman–Crippen LogP) is 8.34. The lowest BCUT2D eigenvalue weighted by Crippen LogP contribution is -1.94. The van der Waals surface area contributed by atoms with Crippen LogP contribution < -0.4 is 0 Å². The van der Waals surface area contributed by atoms with Crippen LogP contribution in [0.3, 0.4) is 0 Å². The number of aromatic amines is 1. The van der Waals surface area contributed by atoms with E-state index in [0.29, 0.717) is 0 Å². The normalized spacial score (nSPS) is 12.0. The second-order valence-corrected chi connectivity index (χ2v) is 9.15. The van der Waals surface area contributed by atoms with Crippen molar-refractivity contribution in [1.82, 2.24) is 14.0 Å². The van der Waals surface area contributed by atoms with Crippen LogP contribution in [0.5, 0.6) is 0 Å². The van der Waals surface area contributed by atoms with Crippen molar-refractivity contribution in [3.8, 4) is 16.8 Å². The van der Waals surface area contributed by atoms with Gasteiger partial charge < -0.3 is 14.0 Å². The molecule has 0 radical (unpaired) electrons. The van der Waals surface area contributed by atoms with Crippen molar-refractivity contribution >= 4 is 49.3 Å². The number of nitrogens with one attached hydrogen (secondary N) is 1. The summed E-state index contributed by atoms with van der Waals surface area (Å²) < 4.78 is 4.66. The van der Waals surface area contributed by atoms with Gasteiger partial charge in [-0.2, -0.15) is 0 Å². The zero-order chi connectivity index (χ0) is 22.9. The maximum Gasteiger partial charge on any atom is 0.123 e.